The minimum Gasteiger partial charge on any atom is -0.398 e. The molecule has 16 heavy (non-hydrogen) atoms. The van der Waals surface area contributed by atoms with Crippen LogP contribution in [0.4, 0.5) is 11.4 Å². The number of nitrogens with zero attached hydrogens (tertiary/aromatic N) is 1. The molecule has 0 aliphatic heterocycles. The summed E-state index contributed by atoms with van der Waals surface area (Å²) in [6, 6.07) is 7.62. The molecule has 0 radical (unpaired) electrons. The summed E-state index contributed by atoms with van der Waals surface area (Å²) in [6.07, 6.45) is 4.98. The summed E-state index contributed by atoms with van der Waals surface area (Å²) < 4.78 is 0. The maximum Gasteiger partial charge on any atom is 0.101 e. The molecule has 0 saturated heterocycles. The molecule has 84 valence electrons. The highest BCUT2D eigenvalue weighted by Gasteiger charge is 2.28. The zero-order valence-corrected chi connectivity index (χ0v) is 9.59. The Hall–Kier alpha value is -1.69. The highest BCUT2D eigenvalue weighted by molar-refractivity contribution is 5.63. The summed E-state index contributed by atoms with van der Waals surface area (Å²) >= 11 is 0. The van der Waals surface area contributed by atoms with Gasteiger partial charge in [-0.1, -0.05) is 12.8 Å². The fraction of sp³-hybridized carbons (Fsp3) is 0.462. The lowest BCUT2D eigenvalue weighted by Crippen LogP contribution is -2.30. The van der Waals surface area contributed by atoms with E-state index in [2.05, 4.69) is 18.3 Å². The van der Waals surface area contributed by atoms with Gasteiger partial charge in [0.05, 0.1) is 11.3 Å². The Morgan fingerprint density at radius 1 is 1.38 bits per heavy atom. The lowest BCUT2D eigenvalue weighted by Gasteiger charge is -2.26. The summed E-state index contributed by atoms with van der Waals surface area (Å²) in [7, 11) is 0. The Balaban J connectivity index is 2.16. The lowest BCUT2D eigenvalue weighted by atomic mass is 10.00. The van der Waals surface area contributed by atoms with E-state index in [1.807, 2.05) is 12.1 Å². The molecule has 1 fully saturated rings. The monoisotopic (exact) mass is 215 g/mol. The van der Waals surface area contributed by atoms with Crippen molar-refractivity contribution in [1.82, 2.24) is 0 Å². The Morgan fingerprint density at radius 2 is 2.06 bits per heavy atom. The van der Waals surface area contributed by atoms with Gasteiger partial charge in [0.15, 0.2) is 0 Å². The third kappa shape index (κ3) is 2.11. The lowest BCUT2D eigenvalue weighted by molar-refractivity contribution is 0.533. The predicted octanol–water partition coefficient (Wildman–Crippen LogP) is 2.89. The predicted molar refractivity (Wildman–Crippen MR) is 66.1 cm³/mol. The van der Waals surface area contributed by atoms with Crippen molar-refractivity contribution in [3.8, 4) is 6.07 Å². The molecule has 0 aromatic heterocycles. The van der Waals surface area contributed by atoms with Crippen LogP contribution in [-0.4, -0.2) is 5.54 Å². The minimum atomic E-state index is 0.195. The maximum absolute atomic E-state index is 8.79. The van der Waals surface area contributed by atoms with E-state index < -0.39 is 0 Å². The molecule has 0 unspecified atom stereocenters. The van der Waals surface area contributed by atoms with Gasteiger partial charge in [-0.3, -0.25) is 0 Å². The Bertz CT molecular complexity index is 425. The molecule has 0 bridgehead atoms. The van der Waals surface area contributed by atoms with Gasteiger partial charge in [-0.25, -0.2) is 0 Å². The van der Waals surface area contributed by atoms with Crippen LogP contribution in [0.2, 0.25) is 0 Å². The smallest absolute Gasteiger partial charge is 0.101 e. The van der Waals surface area contributed by atoms with Crippen molar-refractivity contribution in [2.45, 2.75) is 38.1 Å². The topological polar surface area (TPSA) is 61.8 Å². The van der Waals surface area contributed by atoms with Crippen molar-refractivity contribution in [2.75, 3.05) is 11.1 Å². The molecule has 2 rings (SSSR count). The standard InChI is InChI=1S/C13H17N3/c1-13(6-2-3-7-13)16-11-5-4-10(9-14)12(15)8-11/h4-5,8,16H,2-3,6-7,15H2,1H3. The molecular formula is C13H17N3. The van der Waals surface area contributed by atoms with E-state index in [1.165, 1.54) is 25.7 Å². The second-order valence-corrected chi connectivity index (χ2v) is 4.81. The summed E-state index contributed by atoms with van der Waals surface area (Å²) in [6.45, 7) is 2.24. The van der Waals surface area contributed by atoms with Crippen molar-refractivity contribution in [2.24, 2.45) is 0 Å². The fourth-order valence-electron chi connectivity index (χ4n) is 2.37. The Kier molecular flexibility index (Phi) is 2.74. The largest absolute Gasteiger partial charge is 0.398 e. The maximum atomic E-state index is 8.79. The molecule has 0 heterocycles. The van der Waals surface area contributed by atoms with Crippen LogP contribution in [-0.2, 0) is 0 Å². The Labute approximate surface area is 96.3 Å². The van der Waals surface area contributed by atoms with E-state index in [4.69, 9.17) is 11.0 Å². The van der Waals surface area contributed by atoms with E-state index in [-0.39, 0.29) is 5.54 Å². The molecule has 3 heteroatoms. The summed E-state index contributed by atoms with van der Waals surface area (Å²) in [5, 5.41) is 12.3. The zero-order valence-electron chi connectivity index (χ0n) is 9.59. The van der Waals surface area contributed by atoms with Gasteiger partial charge in [-0.2, -0.15) is 5.26 Å². The number of anilines is 2. The van der Waals surface area contributed by atoms with E-state index in [0.29, 0.717) is 11.3 Å². The molecule has 3 nitrogen and oxygen atoms in total. The van der Waals surface area contributed by atoms with Gasteiger partial charge in [-0.05, 0) is 38.0 Å². The molecule has 0 amide bonds. The van der Waals surface area contributed by atoms with Crippen LogP contribution >= 0.6 is 0 Å². The third-order valence-corrected chi connectivity index (χ3v) is 3.33. The third-order valence-electron chi connectivity index (χ3n) is 3.33. The highest BCUT2D eigenvalue weighted by atomic mass is 15.0. The van der Waals surface area contributed by atoms with Gasteiger partial charge in [-0.15, -0.1) is 0 Å². The second kappa shape index (κ2) is 4.05. The molecular weight excluding hydrogens is 198 g/mol. The van der Waals surface area contributed by atoms with Crippen molar-refractivity contribution < 1.29 is 0 Å². The minimum absolute atomic E-state index is 0.195. The summed E-state index contributed by atoms with van der Waals surface area (Å²) in [5.74, 6) is 0. The van der Waals surface area contributed by atoms with Crippen LogP contribution in [0.25, 0.3) is 0 Å². The van der Waals surface area contributed by atoms with Gasteiger partial charge in [0.2, 0.25) is 0 Å². The number of rotatable bonds is 2. The van der Waals surface area contributed by atoms with Crippen LogP contribution in [0.15, 0.2) is 18.2 Å². The average Bonchev–Trinajstić information content (AvgIpc) is 2.65. The van der Waals surface area contributed by atoms with E-state index in [0.717, 1.165) is 5.69 Å². The number of benzene rings is 1. The first-order valence-electron chi connectivity index (χ1n) is 5.71. The van der Waals surface area contributed by atoms with Crippen molar-refractivity contribution in [3.63, 3.8) is 0 Å². The van der Waals surface area contributed by atoms with Crippen LogP contribution in [0.5, 0.6) is 0 Å². The van der Waals surface area contributed by atoms with Gasteiger partial charge in [0.1, 0.15) is 6.07 Å². The van der Waals surface area contributed by atoms with E-state index >= 15 is 0 Å². The van der Waals surface area contributed by atoms with Crippen LogP contribution in [0, 0.1) is 11.3 Å². The highest BCUT2D eigenvalue weighted by Crippen LogP contribution is 2.33. The second-order valence-electron chi connectivity index (χ2n) is 4.81. The number of hydrogen-bond donors (Lipinski definition) is 2. The number of nitrogens with two attached hydrogens (primary N) is 1. The summed E-state index contributed by atoms with van der Waals surface area (Å²) in [5.41, 5.74) is 8.09. The first-order chi connectivity index (χ1) is 7.63. The number of nitrogen functional groups attached to an aromatic ring is 1. The van der Waals surface area contributed by atoms with Crippen LogP contribution in [0.1, 0.15) is 38.2 Å². The molecule has 1 saturated carbocycles. The van der Waals surface area contributed by atoms with Crippen LogP contribution in [0.3, 0.4) is 0 Å². The molecule has 0 spiro atoms. The zero-order chi connectivity index (χ0) is 11.6. The fourth-order valence-corrected chi connectivity index (χ4v) is 2.37. The molecule has 0 atom stereocenters. The van der Waals surface area contributed by atoms with Crippen molar-refractivity contribution in [1.29, 1.82) is 5.26 Å². The van der Waals surface area contributed by atoms with E-state index in [9.17, 15) is 0 Å². The van der Waals surface area contributed by atoms with Gasteiger partial charge >= 0.3 is 0 Å². The number of nitrogens with one attached hydrogen (secondary N) is 1. The van der Waals surface area contributed by atoms with Gasteiger partial charge < -0.3 is 11.1 Å². The van der Waals surface area contributed by atoms with Gasteiger partial charge in [0, 0.05) is 11.2 Å². The van der Waals surface area contributed by atoms with Crippen molar-refractivity contribution in [3.05, 3.63) is 23.8 Å². The molecule has 1 aromatic carbocycles. The summed E-state index contributed by atoms with van der Waals surface area (Å²) in [4.78, 5) is 0. The number of hydrogen-bond acceptors (Lipinski definition) is 3. The van der Waals surface area contributed by atoms with Crippen LogP contribution < -0.4 is 11.1 Å². The molecule has 1 aliphatic rings. The SMILES string of the molecule is CC1(Nc2ccc(C#N)c(N)c2)CCCC1. The van der Waals surface area contributed by atoms with Gasteiger partial charge in [0.25, 0.3) is 0 Å². The average molecular weight is 215 g/mol. The van der Waals surface area contributed by atoms with E-state index in [1.54, 1.807) is 6.07 Å². The molecule has 1 aromatic rings. The molecule has 3 N–H and O–H groups in total. The van der Waals surface area contributed by atoms with Crippen molar-refractivity contribution >= 4 is 11.4 Å². The first kappa shape index (κ1) is 10.8. The normalized spacial score (nSPS) is 18.0. The number of nitriles is 1. The first-order valence-corrected chi connectivity index (χ1v) is 5.71. The molecule has 1 aliphatic carbocycles. The quantitative estimate of drug-likeness (QED) is 0.746. The Morgan fingerprint density at radius 3 is 2.62 bits per heavy atom.